The van der Waals surface area contributed by atoms with Gasteiger partial charge in [0.1, 0.15) is 11.6 Å². The predicted octanol–water partition coefficient (Wildman–Crippen LogP) is 2.75. The van der Waals surface area contributed by atoms with Gasteiger partial charge in [0, 0.05) is 10.9 Å². The van der Waals surface area contributed by atoms with Crippen LogP contribution in [0.5, 0.6) is 0 Å². The van der Waals surface area contributed by atoms with Crippen molar-refractivity contribution in [2.75, 3.05) is 5.32 Å². The van der Waals surface area contributed by atoms with Gasteiger partial charge in [-0.2, -0.15) is 0 Å². The summed E-state index contributed by atoms with van der Waals surface area (Å²) in [5.74, 6) is -2.67. The smallest absolute Gasteiger partial charge is 0.251 e. The van der Waals surface area contributed by atoms with E-state index in [0.29, 0.717) is 12.6 Å². The van der Waals surface area contributed by atoms with Crippen molar-refractivity contribution in [3.63, 3.8) is 0 Å². The van der Waals surface area contributed by atoms with Crippen LogP contribution in [0.1, 0.15) is 25.9 Å². The van der Waals surface area contributed by atoms with E-state index in [1.807, 2.05) is 13.8 Å². The average molecular weight is 297 g/mol. The first-order chi connectivity index (χ1) is 9.38. The highest BCUT2D eigenvalue weighted by atomic mass is 32.1. The van der Waals surface area contributed by atoms with Gasteiger partial charge in [-0.05, 0) is 19.9 Å². The first-order valence-corrected chi connectivity index (χ1v) is 6.65. The molecule has 0 radical (unpaired) electrons. The minimum Gasteiger partial charge on any atom is -0.378 e. The highest BCUT2D eigenvalue weighted by Gasteiger charge is 2.14. The maximum atomic E-state index is 13.6. The molecular formula is C13H13F2N3OS. The van der Waals surface area contributed by atoms with Crippen molar-refractivity contribution < 1.29 is 13.6 Å². The van der Waals surface area contributed by atoms with Gasteiger partial charge in [-0.3, -0.25) is 4.79 Å². The molecule has 0 spiro atoms. The Labute approximate surface area is 118 Å². The Morgan fingerprint density at radius 2 is 2.05 bits per heavy atom. The Kier molecular flexibility index (Phi) is 3.99. The third-order valence-corrected chi connectivity index (χ3v) is 3.83. The lowest BCUT2D eigenvalue weighted by Gasteiger charge is -2.09. The third-order valence-electron chi connectivity index (χ3n) is 2.76. The van der Waals surface area contributed by atoms with Crippen molar-refractivity contribution in [2.24, 2.45) is 5.73 Å². The second kappa shape index (κ2) is 5.54. The van der Waals surface area contributed by atoms with E-state index in [0.717, 1.165) is 21.6 Å². The molecule has 1 aromatic carbocycles. The number of nitrogens with zero attached hydrogens (tertiary/aromatic N) is 1. The number of aromatic nitrogens is 1. The molecule has 0 unspecified atom stereocenters. The zero-order chi connectivity index (χ0) is 14.9. The number of carbonyl (C=O) groups excluding carboxylic acids is 1. The van der Waals surface area contributed by atoms with Crippen LogP contribution in [0, 0.1) is 25.5 Å². The molecule has 106 valence electrons. The molecule has 4 nitrogen and oxygen atoms in total. The fraction of sp³-hybridized carbons (Fsp3) is 0.231. The molecule has 7 heteroatoms. The second-order valence-corrected chi connectivity index (χ2v) is 5.56. The van der Waals surface area contributed by atoms with Crippen molar-refractivity contribution in [1.82, 2.24) is 4.98 Å². The molecule has 1 heterocycles. The van der Waals surface area contributed by atoms with Gasteiger partial charge in [-0.15, -0.1) is 11.3 Å². The molecule has 20 heavy (non-hydrogen) atoms. The van der Waals surface area contributed by atoms with Crippen LogP contribution < -0.4 is 11.1 Å². The number of thiazole rings is 1. The number of primary amides is 1. The molecule has 0 saturated carbocycles. The third kappa shape index (κ3) is 2.93. The highest BCUT2D eigenvalue weighted by Crippen LogP contribution is 2.22. The Morgan fingerprint density at radius 1 is 1.35 bits per heavy atom. The Morgan fingerprint density at radius 3 is 2.60 bits per heavy atom. The molecule has 1 amide bonds. The Bertz CT molecular complexity index is 670. The number of hydrogen-bond acceptors (Lipinski definition) is 4. The van der Waals surface area contributed by atoms with Gasteiger partial charge in [0.15, 0.2) is 0 Å². The summed E-state index contributed by atoms with van der Waals surface area (Å²) in [5, 5.41) is 3.74. The van der Waals surface area contributed by atoms with Crippen molar-refractivity contribution in [3.05, 3.63) is 44.9 Å². The normalized spacial score (nSPS) is 10.6. The maximum Gasteiger partial charge on any atom is 0.251 e. The van der Waals surface area contributed by atoms with Crippen LogP contribution in [0.15, 0.2) is 12.1 Å². The largest absolute Gasteiger partial charge is 0.378 e. The SMILES string of the molecule is Cc1nc(C)c(CNc2cc(C(N)=O)c(F)cc2F)s1. The van der Waals surface area contributed by atoms with Crippen molar-refractivity contribution in [3.8, 4) is 0 Å². The predicted molar refractivity (Wildman–Crippen MR) is 73.8 cm³/mol. The summed E-state index contributed by atoms with van der Waals surface area (Å²) >= 11 is 1.49. The molecule has 2 aromatic rings. The van der Waals surface area contributed by atoms with Crippen LogP contribution in [-0.4, -0.2) is 10.9 Å². The monoisotopic (exact) mass is 297 g/mol. The molecule has 3 N–H and O–H groups in total. The number of halogens is 2. The first kappa shape index (κ1) is 14.4. The standard InChI is InChI=1S/C13H13F2N3OS/c1-6-12(20-7(2)18-6)5-17-11-3-8(13(16)19)9(14)4-10(11)15/h3-4,17H,5H2,1-2H3,(H2,16,19). The quantitative estimate of drug-likeness (QED) is 0.911. The Hall–Kier alpha value is -2.02. The van der Waals surface area contributed by atoms with E-state index in [1.54, 1.807) is 0 Å². The lowest BCUT2D eigenvalue weighted by atomic mass is 10.1. The molecule has 0 bridgehead atoms. The summed E-state index contributed by atoms with van der Waals surface area (Å²) in [6, 6.07) is 1.73. The second-order valence-electron chi connectivity index (χ2n) is 4.27. The van der Waals surface area contributed by atoms with E-state index < -0.39 is 17.5 Å². The molecule has 0 fully saturated rings. The van der Waals surface area contributed by atoms with E-state index in [4.69, 9.17) is 5.73 Å². The van der Waals surface area contributed by atoms with Gasteiger partial charge in [0.2, 0.25) is 0 Å². The topological polar surface area (TPSA) is 68.0 Å². The number of benzene rings is 1. The Balaban J connectivity index is 2.23. The summed E-state index contributed by atoms with van der Waals surface area (Å²) in [4.78, 5) is 16.2. The molecule has 0 aliphatic heterocycles. The molecule has 0 saturated heterocycles. The van der Waals surface area contributed by atoms with Gasteiger partial charge >= 0.3 is 0 Å². The van der Waals surface area contributed by atoms with Crippen LogP contribution in [0.2, 0.25) is 0 Å². The summed E-state index contributed by atoms with van der Waals surface area (Å²) in [6.45, 7) is 4.08. The molecular weight excluding hydrogens is 284 g/mol. The van der Waals surface area contributed by atoms with E-state index >= 15 is 0 Å². The van der Waals surface area contributed by atoms with Gasteiger partial charge < -0.3 is 11.1 Å². The number of rotatable bonds is 4. The summed E-state index contributed by atoms with van der Waals surface area (Å²) in [6.07, 6.45) is 0. The molecule has 1 aromatic heterocycles. The highest BCUT2D eigenvalue weighted by molar-refractivity contribution is 7.11. The van der Waals surface area contributed by atoms with Gasteiger partial charge in [0.05, 0.1) is 28.5 Å². The summed E-state index contributed by atoms with van der Waals surface area (Å²) < 4.78 is 27.0. The number of amides is 1. The molecule has 0 aliphatic rings. The summed E-state index contributed by atoms with van der Waals surface area (Å²) in [7, 11) is 0. The van der Waals surface area contributed by atoms with Crippen LogP contribution in [0.4, 0.5) is 14.5 Å². The van der Waals surface area contributed by atoms with E-state index in [2.05, 4.69) is 10.3 Å². The van der Waals surface area contributed by atoms with Crippen molar-refractivity contribution in [2.45, 2.75) is 20.4 Å². The number of hydrogen-bond donors (Lipinski definition) is 2. The fourth-order valence-electron chi connectivity index (χ4n) is 1.79. The number of aryl methyl sites for hydroxylation is 2. The molecule has 0 aliphatic carbocycles. The van der Waals surface area contributed by atoms with Crippen LogP contribution in [0.25, 0.3) is 0 Å². The van der Waals surface area contributed by atoms with E-state index in [9.17, 15) is 13.6 Å². The number of carbonyl (C=O) groups is 1. The van der Waals surface area contributed by atoms with Crippen molar-refractivity contribution in [1.29, 1.82) is 0 Å². The number of nitrogens with one attached hydrogen (secondary N) is 1. The lowest BCUT2D eigenvalue weighted by molar-refractivity contribution is 0.0996. The minimum absolute atomic E-state index is 0.0330. The zero-order valence-corrected chi connectivity index (χ0v) is 11.8. The molecule has 2 rings (SSSR count). The van der Waals surface area contributed by atoms with Gasteiger partial charge in [-0.1, -0.05) is 0 Å². The average Bonchev–Trinajstić information content (AvgIpc) is 2.66. The lowest BCUT2D eigenvalue weighted by Crippen LogP contribution is -2.14. The van der Waals surface area contributed by atoms with Gasteiger partial charge in [0.25, 0.3) is 5.91 Å². The van der Waals surface area contributed by atoms with Crippen molar-refractivity contribution >= 4 is 22.9 Å². The maximum absolute atomic E-state index is 13.6. The van der Waals surface area contributed by atoms with Crippen LogP contribution in [-0.2, 0) is 6.54 Å². The van der Waals surface area contributed by atoms with Gasteiger partial charge in [-0.25, -0.2) is 13.8 Å². The van der Waals surface area contributed by atoms with E-state index in [1.165, 1.54) is 11.3 Å². The zero-order valence-electron chi connectivity index (χ0n) is 11.0. The molecule has 0 atom stereocenters. The summed E-state index contributed by atoms with van der Waals surface area (Å²) in [5.41, 5.74) is 5.58. The first-order valence-electron chi connectivity index (χ1n) is 5.84. The van der Waals surface area contributed by atoms with Crippen LogP contribution in [0.3, 0.4) is 0 Å². The van der Waals surface area contributed by atoms with E-state index in [-0.39, 0.29) is 11.3 Å². The minimum atomic E-state index is -0.967. The van der Waals surface area contributed by atoms with Crippen LogP contribution >= 0.6 is 11.3 Å². The fourth-order valence-corrected chi connectivity index (χ4v) is 2.66. The number of nitrogens with two attached hydrogens (primary N) is 1. The number of anilines is 1.